The standard InChI is InChI=1S/C25H34N2O3/c1-18(2)30-24-10-9-20(12-25(24)29-3)14-26-16-22-13-23(28)17-27(22)15-21(26)11-19-7-5-4-6-8-19/h4-10,12,18,21-23,28H,11,13-17H2,1-3H3/t21-,22-,23+/m0/s1. The third kappa shape index (κ3) is 4.97. The maximum atomic E-state index is 10.2. The minimum Gasteiger partial charge on any atom is -0.493 e. The summed E-state index contributed by atoms with van der Waals surface area (Å²) >= 11 is 0. The van der Waals surface area contributed by atoms with E-state index in [0.29, 0.717) is 12.1 Å². The van der Waals surface area contributed by atoms with Gasteiger partial charge in [0.25, 0.3) is 0 Å². The molecule has 0 saturated carbocycles. The smallest absolute Gasteiger partial charge is 0.161 e. The molecule has 4 rings (SSSR count). The highest BCUT2D eigenvalue weighted by molar-refractivity contribution is 5.43. The van der Waals surface area contributed by atoms with Crippen molar-refractivity contribution in [2.24, 2.45) is 0 Å². The molecule has 0 spiro atoms. The molecule has 0 unspecified atom stereocenters. The van der Waals surface area contributed by atoms with Crippen LogP contribution in [0, 0.1) is 0 Å². The first-order valence-electron chi connectivity index (χ1n) is 11.1. The number of fused-ring (bicyclic) bond motifs is 1. The molecule has 2 aromatic carbocycles. The Labute approximate surface area is 180 Å². The zero-order valence-corrected chi connectivity index (χ0v) is 18.3. The summed E-state index contributed by atoms with van der Waals surface area (Å²) in [6.07, 6.45) is 1.81. The molecule has 2 aliphatic heterocycles. The number of methoxy groups -OCH3 is 1. The van der Waals surface area contributed by atoms with Crippen LogP contribution in [0.15, 0.2) is 48.5 Å². The highest BCUT2D eigenvalue weighted by Crippen LogP contribution is 2.32. The number of nitrogens with zero attached hydrogens (tertiary/aromatic N) is 2. The Balaban J connectivity index is 1.53. The molecule has 2 aliphatic rings. The summed E-state index contributed by atoms with van der Waals surface area (Å²) in [5.74, 6) is 1.58. The van der Waals surface area contributed by atoms with E-state index in [-0.39, 0.29) is 12.2 Å². The molecule has 0 aliphatic carbocycles. The van der Waals surface area contributed by atoms with Crippen LogP contribution in [0.3, 0.4) is 0 Å². The van der Waals surface area contributed by atoms with E-state index >= 15 is 0 Å². The average Bonchev–Trinajstić information content (AvgIpc) is 3.08. The third-order valence-electron chi connectivity index (χ3n) is 6.20. The molecular weight excluding hydrogens is 376 g/mol. The first kappa shape index (κ1) is 21.2. The van der Waals surface area contributed by atoms with Crippen molar-refractivity contribution in [1.82, 2.24) is 9.80 Å². The van der Waals surface area contributed by atoms with Crippen molar-refractivity contribution in [3.63, 3.8) is 0 Å². The molecule has 1 N–H and O–H groups in total. The lowest BCUT2D eigenvalue weighted by molar-refractivity contribution is 0.0444. The maximum absolute atomic E-state index is 10.2. The van der Waals surface area contributed by atoms with E-state index < -0.39 is 0 Å². The molecule has 5 nitrogen and oxygen atoms in total. The third-order valence-corrected chi connectivity index (χ3v) is 6.20. The van der Waals surface area contributed by atoms with Crippen molar-refractivity contribution in [2.45, 2.75) is 57.5 Å². The van der Waals surface area contributed by atoms with Gasteiger partial charge < -0.3 is 14.6 Å². The highest BCUT2D eigenvalue weighted by Gasteiger charge is 2.39. The SMILES string of the molecule is COc1cc(CN2C[C@@H]3C[C@@H](O)CN3C[C@@H]2Cc2ccccc2)ccc1OC(C)C. The molecule has 2 fully saturated rings. The second kappa shape index (κ2) is 9.38. The van der Waals surface area contributed by atoms with Crippen LogP contribution in [0.5, 0.6) is 11.5 Å². The van der Waals surface area contributed by atoms with Crippen LogP contribution in [0.2, 0.25) is 0 Å². The predicted octanol–water partition coefficient (Wildman–Crippen LogP) is 3.34. The van der Waals surface area contributed by atoms with Crippen LogP contribution in [0.4, 0.5) is 0 Å². The first-order chi connectivity index (χ1) is 14.5. The number of hydrogen-bond acceptors (Lipinski definition) is 5. The number of ether oxygens (including phenoxy) is 2. The largest absolute Gasteiger partial charge is 0.493 e. The number of aliphatic hydroxyl groups excluding tert-OH is 1. The van der Waals surface area contributed by atoms with Gasteiger partial charge in [-0.15, -0.1) is 0 Å². The van der Waals surface area contributed by atoms with Crippen molar-refractivity contribution in [3.05, 3.63) is 59.7 Å². The van der Waals surface area contributed by atoms with E-state index in [4.69, 9.17) is 9.47 Å². The predicted molar refractivity (Wildman–Crippen MR) is 119 cm³/mol. The van der Waals surface area contributed by atoms with E-state index in [0.717, 1.165) is 50.5 Å². The molecule has 162 valence electrons. The fourth-order valence-corrected chi connectivity index (χ4v) is 4.85. The summed E-state index contributed by atoms with van der Waals surface area (Å²) < 4.78 is 11.5. The first-order valence-corrected chi connectivity index (χ1v) is 11.1. The average molecular weight is 411 g/mol. The van der Waals surface area contributed by atoms with Crippen LogP contribution >= 0.6 is 0 Å². The van der Waals surface area contributed by atoms with E-state index in [1.807, 2.05) is 19.9 Å². The number of aliphatic hydroxyl groups is 1. The lowest BCUT2D eigenvalue weighted by atomic mass is 9.99. The number of hydrogen-bond donors (Lipinski definition) is 1. The number of rotatable bonds is 7. The minimum atomic E-state index is -0.195. The molecule has 0 amide bonds. The molecule has 2 aromatic rings. The van der Waals surface area contributed by atoms with Gasteiger partial charge in [-0.25, -0.2) is 0 Å². The Bertz CT molecular complexity index is 826. The summed E-state index contributed by atoms with van der Waals surface area (Å²) in [6.45, 7) is 7.71. The van der Waals surface area contributed by atoms with Crippen LogP contribution in [-0.2, 0) is 13.0 Å². The van der Waals surface area contributed by atoms with Crippen molar-refractivity contribution < 1.29 is 14.6 Å². The van der Waals surface area contributed by atoms with Gasteiger partial charge in [0.1, 0.15) is 0 Å². The zero-order valence-electron chi connectivity index (χ0n) is 18.3. The Kier molecular flexibility index (Phi) is 6.61. The van der Waals surface area contributed by atoms with Crippen molar-refractivity contribution in [2.75, 3.05) is 26.7 Å². The van der Waals surface area contributed by atoms with Gasteiger partial charge in [0.05, 0.1) is 19.3 Å². The van der Waals surface area contributed by atoms with Gasteiger partial charge >= 0.3 is 0 Å². The van der Waals surface area contributed by atoms with Crippen LogP contribution < -0.4 is 9.47 Å². The fraction of sp³-hybridized carbons (Fsp3) is 0.520. The second-order valence-electron chi connectivity index (χ2n) is 8.92. The topological polar surface area (TPSA) is 45.2 Å². The molecular formula is C25H34N2O3. The molecule has 0 radical (unpaired) electrons. The van der Waals surface area contributed by atoms with Crippen LogP contribution in [-0.4, -0.2) is 65.9 Å². The van der Waals surface area contributed by atoms with E-state index in [1.54, 1.807) is 7.11 Å². The summed E-state index contributed by atoms with van der Waals surface area (Å²) in [6, 6.07) is 17.9. The van der Waals surface area contributed by atoms with Gasteiger partial charge in [-0.3, -0.25) is 9.80 Å². The van der Waals surface area contributed by atoms with Crippen molar-refractivity contribution >= 4 is 0 Å². The molecule has 0 bridgehead atoms. The molecule has 3 atom stereocenters. The van der Waals surface area contributed by atoms with E-state index in [2.05, 4.69) is 52.3 Å². The van der Waals surface area contributed by atoms with Crippen molar-refractivity contribution in [1.29, 1.82) is 0 Å². The van der Waals surface area contributed by atoms with Gasteiger partial charge in [0.2, 0.25) is 0 Å². The van der Waals surface area contributed by atoms with Gasteiger partial charge in [-0.05, 0) is 49.9 Å². The lowest BCUT2D eigenvalue weighted by Gasteiger charge is -2.44. The zero-order chi connectivity index (χ0) is 21.1. The minimum absolute atomic E-state index is 0.113. The monoisotopic (exact) mass is 410 g/mol. The summed E-state index contributed by atoms with van der Waals surface area (Å²) in [5.41, 5.74) is 2.59. The molecule has 0 aromatic heterocycles. The fourth-order valence-electron chi connectivity index (χ4n) is 4.85. The Morgan fingerprint density at radius 2 is 1.80 bits per heavy atom. The summed E-state index contributed by atoms with van der Waals surface area (Å²) in [5, 5.41) is 10.2. The van der Waals surface area contributed by atoms with E-state index in [1.165, 1.54) is 11.1 Å². The Morgan fingerprint density at radius 3 is 2.53 bits per heavy atom. The normalized spacial score (nSPS) is 24.8. The van der Waals surface area contributed by atoms with Gasteiger partial charge in [0.15, 0.2) is 11.5 Å². The molecule has 2 heterocycles. The van der Waals surface area contributed by atoms with E-state index in [9.17, 15) is 5.11 Å². The molecule has 5 heteroatoms. The van der Waals surface area contributed by atoms with Crippen molar-refractivity contribution in [3.8, 4) is 11.5 Å². The number of benzene rings is 2. The van der Waals surface area contributed by atoms with Gasteiger partial charge in [-0.1, -0.05) is 36.4 Å². The van der Waals surface area contributed by atoms with Gasteiger partial charge in [0, 0.05) is 38.3 Å². The molecule has 30 heavy (non-hydrogen) atoms. The summed E-state index contributed by atoms with van der Waals surface area (Å²) in [7, 11) is 1.70. The Morgan fingerprint density at radius 1 is 1.00 bits per heavy atom. The molecule has 2 saturated heterocycles. The van der Waals surface area contributed by atoms with Crippen LogP contribution in [0.25, 0.3) is 0 Å². The maximum Gasteiger partial charge on any atom is 0.161 e. The Hall–Kier alpha value is -2.08. The van der Waals surface area contributed by atoms with Crippen LogP contribution in [0.1, 0.15) is 31.4 Å². The number of piperazine rings is 1. The van der Waals surface area contributed by atoms with Gasteiger partial charge in [-0.2, -0.15) is 0 Å². The lowest BCUT2D eigenvalue weighted by Crippen LogP contribution is -2.56. The highest BCUT2D eigenvalue weighted by atomic mass is 16.5. The second-order valence-corrected chi connectivity index (χ2v) is 8.92. The summed E-state index contributed by atoms with van der Waals surface area (Å²) in [4.78, 5) is 5.07. The quantitative estimate of drug-likeness (QED) is 0.759.